The topological polar surface area (TPSA) is 51.0 Å². The maximum Gasteiger partial charge on any atom is 0.266 e. The molecule has 2 heterocycles. The van der Waals surface area contributed by atoms with Crippen LogP contribution in [0.4, 0.5) is 0 Å². The average Bonchev–Trinajstić information content (AvgIpc) is 3.36. The van der Waals surface area contributed by atoms with Gasteiger partial charge in [0.1, 0.15) is 4.32 Å². The van der Waals surface area contributed by atoms with Crippen LogP contribution in [0.5, 0.6) is 0 Å². The molecule has 1 saturated heterocycles. The first kappa shape index (κ1) is 23.4. The number of thioether (sulfide) groups is 1. The van der Waals surface area contributed by atoms with Crippen LogP contribution < -0.4 is 0 Å². The molecule has 0 saturated carbocycles. The lowest BCUT2D eigenvalue weighted by atomic mass is 10.1. The standard InChI is InChI=1S/C26H28N4OS2/c1-3-4-5-6-10-17-29-25(31)22(33-26(29)32)18-23-27-24(20-15-13-19(2)14-16-20)28-30(23)21-11-8-7-9-12-21/h7-9,11-16,18H,3-6,10,17H2,1-2H3/b22-18+. The number of para-hydroxylation sites is 1. The Balaban J connectivity index is 1.61. The molecule has 1 fully saturated rings. The van der Waals surface area contributed by atoms with Gasteiger partial charge in [0.25, 0.3) is 5.91 Å². The van der Waals surface area contributed by atoms with Crippen molar-refractivity contribution in [2.75, 3.05) is 6.54 Å². The first-order valence-electron chi connectivity index (χ1n) is 11.4. The van der Waals surface area contributed by atoms with Crippen molar-refractivity contribution in [1.82, 2.24) is 19.7 Å². The summed E-state index contributed by atoms with van der Waals surface area (Å²) >= 11 is 6.86. The molecular formula is C26H28N4OS2. The summed E-state index contributed by atoms with van der Waals surface area (Å²) < 4.78 is 2.40. The van der Waals surface area contributed by atoms with Crippen LogP contribution in [0.1, 0.15) is 50.4 Å². The van der Waals surface area contributed by atoms with Crippen LogP contribution in [0, 0.1) is 6.92 Å². The second-order valence-corrected chi connectivity index (χ2v) is 9.83. The molecule has 5 nitrogen and oxygen atoms in total. The van der Waals surface area contributed by atoms with Crippen molar-refractivity contribution in [2.45, 2.75) is 46.0 Å². The molecule has 0 atom stereocenters. The van der Waals surface area contributed by atoms with Crippen molar-refractivity contribution >= 4 is 40.3 Å². The van der Waals surface area contributed by atoms with Crippen LogP contribution in [0.15, 0.2) is 59.5 Å². The van der Waals surface area contributed by atoms with Crippen LogP contribution in [0.2, 0.25) is 0 Å². The predicted molar refractivity (Wildman–Crippen MR) is 140 cm³/mol. The van der Waals surface area contributed by atoms with Gasteiger partial charge in [-0.25, -0.2) is 9.67 Å². The number of nitrogens with zero attached hydrogens (tertiary/aromatic N) is 4. The molecule has 0 radical (unpaired) electrons. The monoisotopic (exact) mass is 476 g/mol. The quantitative estimate of drug-likeness (QED) is 0.203. The van der Waals surface area contributed by atoms with Gasteiger partial charge in [0, 0.05) is 18.2 Å². The summed E-state index contributed by atoms with van der Waals surface area (Å²) in [6, 6.07) is 18.0. The van der Waals surface area contributed by atoms with Crippen LogP contribution >= 0.6 is 24.0 Å². The number of rotatable bonds is 9. The number of carbonyl (C=O) groups excluding carboxylic acids is 1. The molecule has 7 heteroatoms. The number of unbranched alkanes of at least 4 members (excludes halogenated alkanes) is 4. The Hall–Kier alpha value is -2.77. The number of hydrogen-bond donors (Lipinski definition) is 0. The molecule has 1 aromatic heterocycles. The lowest BCUT2D eigenvalue weighted by molar-refractivity contribution is -0.122. The van der Waals surface area contributed by atoms with Crippen molar-refractivity contribution in [3.63, 3.8) is 0 Å². The Kier molecular flexibility index (Phi) is 7.73. The third-order valence-corrected chi connectivity index (χ3v) is 6.94. The highest BCUT2D eigenvalue weighted by molar-refractivity contribution is 8.26. The maximum atomic E-state index is 13.1. The van der Waals surface area contributed by atoms with Crippen LogP contribution in [-0.2, 0) is 4.79 Å². The molecule has 170 valence electrons. The zero-order valence-corrected chi connectivity index (χ0v) is 20.7. The number of carbonyl (C=O) groups is 1. The average molecular weight is 477 g/mol. The largest absolute Gasteiger partial charge is 0.293 e. The molecular weight excluding hydrogens is 448 g/mol. The van der Waals surface area contributed by atoms with E-state index in [1.165, 1.54) is 36.6 Å². The van der Waals surface area contributed by atoms with E-state index in [4.69, 9.17) is 22.3 Å². The summed E-state index contributed by atoms with van der Waals surface area (Å²) in [5.41, 5.74) is 3.01. The first-order chi connectivity index (χ1) is 16.1. The van der Waals surface area contributed by atoms with E-state index in [9.17, 15) is 4.79 Å². The van der Waals surface area contributed by atoms with Gasteiger partial charge in [-0.1, -0.05) is 105 Å². The minimum Gasteiger partial charge on any atom is -0.293 e. The summed E-state index contributed by atoms with van der Waals surface area (Å²) in [5.74, 6) is 1.19. The summed E-state index contributed by atoms with van der Waals surface area (Å²) in [7, 11) is 0. The Morgan fingerprint density at radius 2 is 1.73 bits per heavy atom. The van der Waals surface area contributed by atoms with Crippen molar-refractivity contribution in [2.24, 2.45) is 0 Å². The zero-order chi connectivity index (χ0) is 23.2. The van der Waals surface area contributed by atoms with Gasteiger partial charge in [-0.2, -0.15) is 0 Å². The minimum absolute atomic E-state index is 0.0417. The summed E-state index contributed by atoms with van der Waals surface area (Å²) in [4.78, 5) is 20.2. The lowest BCUT2D eigenvalue weighted by Crippen LogP contribution is -2.29. The Labute approximate surface area is 204 Å². The summed E-state index contributed by atoms with van der Waals surface area (Å²) in [6.45, 7) is 4.92. The van der Waals surface area contributed by atoms with Crippen molar-refractivity contribution < 1.29 is 4.79 Å². The maximum absolute atomic E-state index is 13.1. The molecule has 2 aromatic carbocycles. The molecule has 1 aliphatic heterocycles. The van der Waals surface area contributed by atoms with Gasteiger partial charge in [0.05, 0.1) is 10.6 Å². The molecule has 4 rings (SSSR count). The van der Waals surface area contributed by atoms with Crippen LogP contribution in [0.3, 0.4) is 0 Å². The molecule has 33 heavy (non-hydrogen) atoms. The fourth-order valence-electron chi connectivity index (χ4n) is 3.69. The smallest absolute Gasteiger partial charge is 0.266 e. The molecule has 0 unspecified atom stereocenters. The Morgan fingerprint density at radius 3 is 2.45 bits per heavy atom. The Morgan fingerprint density at radius 1 is 1.00 bits per heavy atom. The number of benzene rings is 2. The van der Waals surface area contributed by atoms with E-state index in [2.05, 4.69) is 13.8 Å². The fourth-order valence-corrected chi connectivity index (χ4v) is 4.96. The number of amides is 1. The minimum atomic E-state index is -0.0417. The van der Waals surface area contributed by atoms with E-state index in [1.807, 2.05) is 60.7 Å². The number of aromatic nitrogens is 3. The van der Waals surface area contributed by atoms with Gasteiger partial charge in [0.2, 0.25) is 0 Å². The highest BCUT2D eigenvalue weighted by Gasteiger charge is 2.32. The number of aryl methyl sites for hydroxylation is 1. The summed E-state index contributed by atoms with van der Waals surface area (Å²) in [5, 5.41) is 4.76. The zero-order valence-electron chi connectivity index (χ0n) is 19.0. The second-order valence-electron chi connectivity index (χ2n) is 8.15. The number of hydrogen-bond acceptors (Lipinski definition) is 5. The third kappa shape index (κ3) is 5.60. The normalized spacial score (nSPS) is 15.1. The molecule has 3 aromatic rings. The molecule has 1 aliphatic rings. The lowest BCUT2D eigenvalue weighted by Gasteiger charge is -2.13. The molecule has 0 aliphatic carbocycles. The number of thiocarbonyl (C=S) groups is 1. The van der Waals surface area contributed by atoms with Gasteiger partial charge < -0.3 is 0 Å². The van der Waals surface area contributed by atoms with Crippen LogP contribution in [-0.4, -0.2) is 36.4 Å². The van der Waals surface area contributed by atoms with E-state index >= 15 is 0 Å². The van der Waals surface area contributed by atoms with Crippen LogP contribution in [0.25, 0.3) is 23.2 Å². The molecule has 0 bridgehead atoms. The second kappa shape index (κ2) is 10.9. The van der Waals surface area contributed by atoms with E-state index in [0.717, 1.165) is 24.1 Å². The van der Waals surface area contributed by atoms with E-state index in [1.54, 1.807) is 9.58 Å². The SMILES string of the molecule is CCCCCCCN1C(=O)/C(=C\c2nc(-c3ccc(C)cc3)nn2-c2ccccc2)SC1=S. The summed E-state index contributed by atoms with van der Waals surface area (Å²) in [6.07, 6.45) is 7.54. The van der Waals surface area contributed by atoms with Crippen molar-refractivity contribution in [1.29, 1.82) is 0 Å². The highest BCUT2D eigenvalue weighted by Crippen LogP contribution is 2.33. The van der Waals surface area contributed by atoms with Gasteiger partial charge >= 0.3 is 0 Å². The Bertz CT molecular complexity index is 1150. The predicted octanol–water partition coefficient (Wildman–Crippen LogP) is 6.41. The van der Waals surface area contributed by atoms with E-state index < -0.39 is 0 Å². The van der Waals surface area contributed by atoms with Gasteiger partial charge in [-0.15, -0.1) is 5.10 Å². The molecule has 1 amide bonds. The van der Waals surface area contributed by atoms with Gasteiger partial charge in [-0.3, -0.25) is 9.69 Å². The molecule has 0 N–H and O–H groups in total. The van der Waals surface area contributed by atoms with Gasteiger partial charge in [-0.05, 0) is 25.5 Å². The van der Waals surface area contributed by atoms with Crippen molar-refractivity contribution in [3.8, 4) is 17.1 Å². The molecule has 0 spiro atoms. The highest BCUT2D eigenvalue weighted by atomic mass is 32.2. The first-order valence-corrected chi connectivity index (χ1v) is 12.6. The van der Waals surface area contributed by atoms with Crippen molar-refractivity contribution in [3.05, 3.63) is 70.9 Å². The third-order valence-electron chi connectivity index (χ3n) is 5.56. The van der Waals surface area contributed by atoms with E-state index in [0.29, 0.717) is 27.4 Å². The van der Waals surface area contributed by atoms with Gasteiger partial charge in [0.15, 0.2) is 11.6 Å². The fraction of sp³-hybridized carbons (Fsp3) is 0.308. The van der Waals surface area contributed by atoms with E-state index in [-0.39, 0.29) is 5.91 Å².